The van der Waals surface area contributed by atoms with Gasteiger partial charge in [-0.25, -0.2) is 10.6 Å². The first-order chi connectivity index (χ1) is 19.3. The van der Waals surface area contributed by atoms with E-state index in [2.05, 4.69) is 17.6 Å². The van der Waals surface area contributed by atoms with Gasteiger partial charge in [-0.05, 0) is 38.5 Å². The summed E-state index contributed by atoms with van der Waals surface area (Å²) in [7, 11) is 0. The molecule has 0 saturated carbocycles. The minimum atomic E-state index is -1.05. The Hall–Kier alpha value is -2.29. The molecule has 0 aromatic carbocycles. The second-order valence-electron chi connectivity index (χ2n) is 11.1. The number of allylic oxidation sites excluding steroid dienone is 1. The lowest BCUT2D eigenvalue weighted by Gasteiger charge is -2.17. The molecule has 234 valence electrons. The van der Waals surface area contributed by atoms with E-state index in [1.807, 2.05) is 6.92 Å². The molecule has 1 atom stereocenters. The van der Waals surface area contributed by atoms with Crippen LogP contribution < -0.4 is 22.2 Å². The molecular weight excluding hydrogens is 506 g/mol. The standard InChI is InChI=1S/C31H61N5O4/c1-3-5-6-7-8-9-10-11-12-13-14-15-16-22-29(37)34-24-19-23-30(38)35-28(31(39)40)21-17-18-25-36(33)26-27(32)20-4-2/h26,28H,3-25,32-33H2,1-2H3,(H,34,37)(H,35,38)(H,39,40)/b27-26-. The van der Waals surface area contributed by atoms with Crippen LogP contribution in [0.1, 0.15) is 149 Å². The normalized spacial score (nSPS) is 12.2. The van der Waals surface area contributed by atoms with Crippen LogP contribution in [-0.2, 0) is 14.4 Å². The lowest BCUT2D eigenvalue weighted by molar-refractivity contribution is -0.142. The maximum atomic E-state index is 12.2. The maximum Gasteiger partial charge on any atom is 0.326 e. The van der Waals surface area contributed by atoms with Crippen LogP contribution in [0.15, 0.2) is 11.9 Å². The number of carbonyl (C=O) groups excluding carboxylic acids is 2. The van der Waals surface area contributed by atoms with Crippen molar-refractivity contribution in [3.05, 3.63) is 11.9 Å². The van der Waals surface area contributed by atoms with E-state index in [-0.39, 0.29) is 18.2 Å². The third-order valence-electron chi connectivity index (χ3n) is 7.07. The van der Waals surface area contributed by atoms with Crippen molar-refractivity contribution in [1.82, 2.24) is 15.6 Å². The first-order valence-electron chi connectivity index (χ1n) is 16.1. The van der Waals surface area contributed by atoms with E-state index < -0.39 is 12.0 Å². The zero-order chi connectivity index (χ0) is 29.8. The van der Waals surface area contributed by atoms with Gasteiger partial charge in [0, 0.05) is 37.8 Å². The fourth-order valence-electron chi connectivity index (χ4n) is 4.67. The molecule has 0 spiro atoms. The van der Waals surface area contributed by atoms with Crippen molar-refractivity contribution >= 4 is 17.8 Å². The Labute approximate surface area is 244 Å². The van der Waals surface area contributed by atoms with Crippen molar-refractivity contribution in [2.45, 2.75) is 155 Å². The van der Waals surface area contributed by atoms with E-state index in [0.717, 1.165) is 31.4 Å². The first-order valence-corrected chi connectivity index (χ1v) is 16.1. The molecule has 0 rings (SSSR count). The average molecular weight is 568 g/mol. The average Bonchev–Trinajstić information content (AvgIpc) is 2.91. The van der Waals surface area contributed by atoms with Gasteiger partial charge in [-0.3, -0.25) is 9.59 Å². The lowest BCUT2D eigenvalue weighted by Crippen LogP contribution is -2.41. The molecule has 2 amide bonds. The molecule has 0 aromatic heterocycles. The highest BCUT2D eigenvalue weighted by molar-refractivity contribution is 5.83. The number of nitrogens with two attached hydrogens (primary N) is 2. The van der Waals surface area contributed by atoms with Gasteiger partial charge >= 0.3 is 5.97 Å². The minimum absolute atomic E-state index is 0.0205. The summed E-state index contributed by atoms with van der Waals surface area (Å²) in [5.74, 6) is 4.55. The van der Waals surface area contributed by atoms with Crippen LogP contribution in [0.5, 0.6) is 0 Å². The highest BCUT2D eigenvalue weighted by atomic mass is 16.4. The van der Waals surface area contributed by atoms with Crippen LogP contribution in [-0.4, -0.2) is 47.0 Å². The Bertz CT molecular complexity index is 687. The zero-order valence-electron chi connectivity index (χ0n) is 25.7. The van der Waals surface area contributed by atoms with Gasteiger partial charge in [0.2, 0.25) is 11.8 Å². The number of aliphatic carboxylic acids is 1. The van der Waals surface area contributed by atoms with E-state index in [1.165, 1.54) is 75.6 Å². The quantitative estimate of drug-likeness (QED) is 0.0450. The zero-order valence-corrected chi connectivity index (χ0v) is 25.7. The van der Waals surface area contributed by atoms with Crippen molar-refractivity contribution < 1.29 is 19.5 Å². The molecule has 0 radical (unpaired) electrons. The number of hydrogen-bond donors (Lipinski definition) is 5. The lowest BCUT2D eigenvalue weighted by atomic mass is 10.0. The second kappa shape index (κ2) is 26.9. The number of carboxylic acids is 1. The highest BCUT2D eigenvalue weighted by Gasteiger charge is 2.19. The molecular formula is C31H61N5O4. The minimum Gasteiger partial charge on any atom is -0.480 e. The largest absolute Gasteiger partial charge is 0.480 e. The Morgan fingerprint density at radius 2 is 1.27 bits per heavy atom. The fourth-order valence-corrected chi connectivity index (χ4v) is 4.67. The summed E-state index contributed by atoms with van der Waals surface area (Å²) in [4.78, 5) is 35.8. The van der Waals surface area contributed by atoms with Gasteiger partial charge in [0.05, 0.1) is 0 Å². The summed E-state index contributed by atoms with van der Waals surface area (Å²) in [6.45, 7) is 5.27. The molecule has 1 unspecified atom stereocenters. The summed E-state index contributed by atoms with van der Waals surface area (Å²) >= 11 is 0. The SMILES string of the molecule is CCCCCCCCCCCCCCCC(=O)NCCCC(=O)NC(CCCCN(N)/C=C(\N)CCC)C(=O)O. The number of hydrazine groups is 1. The Morgan fingerprint density at radius 1 is 0.725 bits per heavy atom. The predicted molar refractivity (Wildman–Crippen MR) is 164 cm³/mol. The summed E-state index contributed by atoms with van der Waals surface area (Å²) in [6, 6.07) is -0.926. The van der Waals surface area contributed by atoms with Crippen LogP contribution in [0.4, 0.5) is 0 Å². The molecule has 9 nitrogen and oxygen atoms in total. The van der Waals surface area contributed by atoms with Gasteiger partial charge < -0.3 is 26.5 Å². The van der Waals surface area contributed by atoms with Gasteiger partial charge in [-0.2, -0.15) is 0 Å². The van der Waals surface area contributed by atoms with Gasteiger partial charge in [0.15, 0.2) is 0 Å². The molecule has 0 aliphatic carbocycles. The molecule has 0 aliphatic heterocycles. The molecule has 9 heteroatoms. The second-order valence-corrected chi connectivity index (χ2v) is 11.1. The van der Waals surface area contributed by atoms with Crippen LogP contribution in [0.3, 0.4) is 0 Å². The predicted octanol–water partition coefficient (Wildman–Crippen LogP) is 5.88. The maximum absolute atomic E-state index is 12.2. The van der Waals surface area contributed by atoms with E-state index in [0.29, 0.717) is 45.2 Å². The van der Waals surface area contributed by atoms with Crippen LogP contribution in [0.2, 0.25) is 0 Å². The fraction of sp³-hybridized carbons (Fsp3) is 0.839. The molecule has 7 N–H and O–H groups in total. The number of hydrogen-bond acceptors (Lipinski definition) is 6. The number of amides is 2. The van der Waals surface area contributed by atoms with E-state index in [1.54, 1.807) is 6.20 Å². The van der Waals surface area contributed by atoms with Crippen molar-refractivity contribution in [2.75, 3.05) is 13.1 Å². The smallest absolute Gasteiger partial charge is 0.326 e. The molecule has 0 heterocycles. The first kappa shape index (κ1) is 37.7. The Morgan fingerprint density at radius 3 is 1.82 bits per heavy atom. The van der Waals surface area contributed by atoms with Crippen molar-refractivity contribution in [3.63, 3.8) is 0 Å². The molecule has 40 heavy (non-hydrogen) atoms. The third-order valence-corrected chi connectivity index (χ3v) is 7.07. The Balaban J connectivity index is 3.77. The van der Waals surface area contributed by atoms with Crippen molar-refractivity contribution in [3.8, 4) is 0 Å². The highest BCUT2D eigenvalue weighted by Crippen LogP contribution is 2.13. The number of carboxylic acid groups (broad SMARTS) is 1. The number of rotatable bonds is 28. The van der Waals surface area contributed by atoms with Crippen LogP contribution in [0, 0.1) is 0 Å². The van der Waals surface area contributed by atoms with E-state index in [4.69, 9.17) is 11.6 Å². The molecule has 0 bridgehead atoms. The van der Waals surface area contributed by atoms with Crippen LogP contribution in [0.25, 0.3) is 0 Å². The number of unbranched alkanes of at least 4 members (excludes halogenated alkanes) is 13. The molecule has 0 fully saturated rings. The number of carbonyl (C=O) groups is 3. The van der Waals surface area contributed by atoms with Crippen LogP contribution >= 0.6 is 0 Å². The molecule has 0 aromatic rings. The van der Waals surface area contributed by atoms with Gasteiger partial charge in [-0.15, -0.1) is 0 Å². The van der Waals surface area contributed by atoms with Gasteiger partial charge in [0.1, 0.15) is 6.04 Å². The molecule has 0 aliphatic rings. The summed E-state index contributed by atoms with van der Waals surface area (Å²) in [6.07, 6.45) is 22.8. The molecule has 0 saturated heterocycles. The number of nitrogens with zero attached hydrogens (tertiary/aromatic N) is 1. The van der Waals surface area contributed by atoms with Crippen molar-refractivity contribution in [2.24, 2.45) is 11.6 Å². The third kappa shape index (κ3) is 24.7. The van der Waals surface area contributed by atoms with Crippen molar-refractivity contribution in [1.29, 1.82) is 0 Å². The monoisotopic (exact) mass is 567 g/mol. The summed E-state index contributed by atoms with van der Waals surface area (Å²) < 4.78 is 0. The topological polar surface area (TPSA) is 151 Å². The van der Waals surface area contributed by atoms with Gasteiger partial charge in [-0.1, -0.05) is 97.3 Å². The van der Waals surface area contributed by atoms with E-state index >= 15 is 0 Å². The Kier molecular flexibility index (Phi) is 25.4. The van der Waals surface area contributed by atoms with Gasteiger partial charge in [0.25, 0.3) is 0 Å². The van der Waals surface area contributed by atoms with E-state index in [9.17, 15) is 19.5 Å². The number of nitrogens with one attached hydrogen (secondary N) is 2. The summed E-state index contributed by atoms with van der Waals surface area (Å²) in [5.41, 5.74) is 6.57. The summed E-state index contributed by atoms with van der Waals surface area (Å²) in [5, 5.41) is 16.4.